The molecule has 16 heavy (non-hydrogen) atoms. The molecule has 0 atom stereocenters. The number of fused-ring (bicyclic) bond motifs is 1. The van der Waals surface area contributed by atoms with Crippen LogP contribution in [0.4, 0.5) is 5.69 Å². The van der Waals surface area contributed by atoms with Crippen LogP contribution in [0, 0.1) is 0 Å². The predicted molar refractivity (Wildman–Crippen MR) is 61.8 cm³/mol. The van der Waals surface area contributed by atoms with E-state index < -0.39 is 5.97 Å². The number of hydrogen-bond acceptors (Lipinski definition) is 3. The molecule has 0 saturated carbocycles. The van der Waals surface area contributed by atoms with E-state index in [0.29, 0.717) is 12.2 Å². The average molecular weight is 237 g/mol. The van der Waals surface area contributed by atoms with Gasteiger partial charge in [0, 0.05) is 11.3 Å². The first-order chi connectivity index (χ1) is 7.65. The topological polar surface area (TPSA) is 66.4 Å². The number of carboxylic acids is 1. The summed E-state index contributed by atoms with van der Waals surface area (Å²) in [5, 5.41) is 11.4. The number of thioether (sulfide) groups is 1. The van der Waals surface area contributed by atoms with Gasteiger partial charge in [-0.05, 0) is 24.1 Å². The van der Waals surface area contributed by atoms with Crippen LogP contribution < -0.4 is 5.32 Å². The molecular formula is C11H11NO3S. The number of carbonyl (C=O) groups is 2. The summed E-state index contributed by atoms with van der Waals surface area (Å²) < 4.78 is 0. The zero-order valence-corrected chi connectivity index (χ0v) is 9.34. The van der Waals surface area contributed by atoms with Crippen molar-refractivity contribution in [3.8, 4) is 0 Å². The van der Waals surface area contributed by atoms with Crippen LogP contribution in [0.15, 0.2) is 23.1 Å². The van der Waals surface area contributed by atoms with Crippen LogP contribution in [-0.4, -0.2) is 22.7 Å². The summed E-state index contributed by atoms with van der Waals surface area (Å²) in [6.07, 6.45) is 0.600. The van der Waals surface area contributed by atoms with E-state index in [1.54, 1.807) is 0 Å². The fraction of sp³-hybridized carbons (Fsp3) is 0.273. The molecule has 0 bridgehead atoms. The van der Waals surface area contributed by atoms with E-state index in [4.69, 9.17) is 5.11 Å². The van der Waals surface area contributed by atoms with Crippen molar-refractivity contribution in [2.75, 3.05) is 11.1 Å². The number of carboxylic acid groups (broad SMARTS) is 1. The van der Waals surface area contributed by atoms with Crippen LogP contribution in [0.25, 0.3) is 0 Å². The van der Waals surface area contributed by atoms with Crippen LogP contribution in [0.2, 0.25) is 0 Å². The highest BCUT2D eigenvalue weighted by atomic mass is 32.2. The number of rotatable bonds is 3. The van der Waals surface area contributed by atoms with Gasteiger partial charge in [-0.1, -0.05) is 6.07 Å². The third-order valence-corrected chi connectivity index (χ3v) is 3.38. The van der Waals surface area contributed by atoms with E-state index in [-0.39, 0.29) is 12.3 Å². The molecule has 1 aromatic carbocycles. The summed E-state index contributed by atoms with van der Waals surface area (Å²) in [7, 11) is 0. The number of carbonyl (C=O) groups excluding carboxylic acids is 1. The van der Waals surface area contributed by atoms with Gasteiger partial charge in [0.2, 0.25) is 5.91 Å². The zero-order chi connectivity index (χ0) is 11.5. The summed E-state index contributed by atoms with van der Waals surface area (Å²) in [5.41, 5.74) is 1.73. The van der Waals surface area contributed by atoms with Crippen molar-refractivity contribution in [1.82, 2.24) is 0 Å². The second-order valence-electron chi connectivity index (χ2n) is 3.56. The molecule has 0 aromatic heterocycles. The molecule has 2 N–H and O–H groups in total. The van der Waals surface area contributed by atoms with Gasteiger partial charge < -0.3 is 10.4 Å². The molecule has 1 aliphatic heterocycles. The lowest BCUT2D eigenvalue weighted by molar-refractivity contribution is -0.137. The van der Waals surface area contributed by atoms with Crippen molar-refractivity contribution in [1.29, 1.82) is 0 Å². The summed E-state index contributed by atoms with van der Waals surface area (Å²) >= 11 is 1.50. The second-order valence-corrected chi connectivity index (χ2v) is 4.58. The van der Waals surface area contributed by atoms with E-state index in [0.717, 1.165) is 16.1 Å². The molecule has 0 aliphatic carbocycles. The molecule has 1 aliphatic rings. The minimum atomic E-state index is -0.809. The molecule has 2 rings (SSSR count). The Hall–Kier alpha value is -1.49. The second kappa shape index (κ2) is 4.57. The van der Waals surface area contributed by atoms with Crippen LogP contribution in [0.1, 0.15) is 12.0 Å². The average Bonchev–Trinajstić information content (AvgIpc) is 2.25. The van der Waals surface area contributed by atoms with Crippen molar-refractivity contribution in [3.63, 3.8) is 0 Å². The number of aryl methyl sites for hydroxylation is 1. The first kappa shape index (κ1) is 11.0. The van der Waals surface area contributed by atoms with Crippen LogP contribution in [0.5, 0.6) is 0 Å². The van der Waals surface area contributed by atoms with Gasteiger partial charge in [0.25, 0.3) is 0 Å². The van der Waals surface area contributed by atoms with Crippen LogP contribution in [-0.2, 0) is 16.0 Å². The third-order valence-electron chi connectivity index (χ3n) is 2.30. The lowest BCUT2D eigenvalue weighted by Gasteiger charge is -2.16. The third kappa shape index (κ3) is 2.55. The molecule has 0 saturated heterocycles. The van der Waals surface area contributed by atoms with E-state index in [1.807, 2.05) is 18.2 Å². The molecule has 0 fully saturated rings. The lowest BCUT2D eigenvalue weighted by Crippen LogP contribution is -2.18. The van der Waals surface area contributed by atoms with Crippen molar-refractivity contribution in [2.45, 2.75) is 17.7 Å². The smallest absolute Gasteiger partial charge is 0.303 e. The van der Waals surface area contributed by atoms with Crippen LogP contribution in [0.3, 0.4) is 0 Å². The number of nitrogens with one attached hydrogen (secondary N) is 1. The minimum Gasteiger partial charge on any atom is -0.481 e. The Bertz CT molecular complexity index is 445. The maximum absolute atomic E-state index is 11.2. The highest BCUT2D eigenvalue weighted by Gasteiger charge is 2.15. The monoisotopic (exact) mass is 237 g/mol. The van der Waals surface area contributed by atoms with Crippen molar-refractivity contribution in [2.24, 2.45) is 0 Å². The number of benzene rings is 1. The highest BCUT2D eigenvalue weighted by Crippen LogP contribution is 2.32. The van der Waals surface area contributed by atoms with Gasteiger partial charge in [-0.3, -0.25) is 9.59 Å². The predicted octanol–water partition coefficient (Wildman–Crippen LogP) is 1.75. The molecule has 1 heterocycles. The van der Waals surface area contributed by atoms with Crippen molar-refractivity contribution in [3.05, 3.63) is 23.8 Å². The van der Waals surface area contributed by atoms with Gasteiger partial charge in [-0.2, -0.15) is 0 Å². The molecule has 4 nitrogen and oxygen atoms in total. The highest BCUT2D eigenvalue weighted by molar-refractivity contribution is 8.00. The van der Waals surface area contributed by atoms with Gasteiger partial charge in [-0.25, -0.2) is 0 Å². The number of anilines is 1. The first-order valence-corrected chi connectivity index (χ1v) is 5.91. The molecular weight excluding hydrogens is 226 g/mol. The summed E-state index contributed by atoms with van der Waals surface area (Å²) in [6.45, 7) is 0. The zero-order valence-electron chi connectivity index (χ0n) is 8.53. The normalized spacial score (nSPS) is 14.1. The van der Waals surface area contributed by atoms with E-state index in [1.165, 1.54) is 11.8 Å². The first-order valence-electron chi connectivity index (χ1n) is 4.92. The number of hydrogen-bond donors (Lipinski definition) is 2. The Labute approximate surface area is 97.0 Å². The molecule has 5 heteroatoms. The molecule has 1 amide bonds. The van der Waals surface area contributed by atoms with Crippen molar-refractivity contribution >= 4 is 29.3 Å². The van der Waals surface area contributed by atoms with Gasteiger partial charge in [0.05, 0.1) is 11.4 Å². The fourth-order valence-electron chi connectivity index (χ4n) is 1.54. The summed E-state index contributed by atoms with van der Waals surface area (Å²) in [6, 6.07) is 5.69. The SMILES string of the molecule is O=C(O)CCc1ccc2c(c1)NC(=O)CS2. The fourth-order valence-corrected chi connectivity index (χ4v) is 2.33. The van der Waals surface area contributed by atoms with Crippen LogP contribution >= 0.6 is 11.8 Å². The number of amides is 1. The Kier molecular flexibility index (Phi) is 3.14. The molecule has 0 radical (unpaired) electrons. The van der Waals surface area contributed by atoms with Gasteiger partial charge >= 0.3 is 5.97 Å². The Balaban J connectivity index is 2.14. The minimum absolute atomic E-state index is 0.00659. The molecule has 0 spiro atoms. The number of aliphatic carboxylic acids is 1. The maximum atomic E-state index is 11.2. The van der Waals surface area contributed by atoms with Gasteiger partial charge in [0.1, 0.15) is 0 Å². The lowest BCUT2D eigenvalue weighted by atomic mass is 10.1. The molecule has 84 valence electrons. The van der Waals surface area contributed by atoms with Gasteiger partial charge in [-0.15, -0.1) is 11.8 Å². The Morgan fingerprint density at radius 1 is 1.50 bits per heavy atom. The van der Waals surface area contributed by atoms with Crippen molar-refractivity contribution < 1.29 is 14.7 Å². The quantitative estimate of drug-likeness (QED) is 0.840. The summed E-state index contributed by atoms with van der Waals surface area (Å²) in [5.74, 6) is -0.370. The van der Waals surface area contributed by atoms with E-state index in [2.05, 4.69) is 5.32 Å². The maximum Gasteiger partial charge on any atom is 0.303 e. The Morgan fingerprint density at radius 3 is 3.06 bits per heavy atom. The van der Waals surface area contributed by atoms with E-state index >= 15 is 0 Å². The molecule has 1 aromatic rings. The molecule has 0 unspecified atom stereocenters. The standard InChI is InChI=1S/C11H11NO3S/c13-10-6-16-9-3-1-7(2-4-11(14)15)5-8(9)12-10/h1,3,5H,2,4,6H2,(H,12,13)(H,14,15). The van der Waals surface area contributed by atoms with Gasteiger partial charge in [0.15, 0.2) is 0 Å². The summed E-state index contributed by atoms with van der Waals surface area (Å²) in [4.78, 5) is 22.7. The van der Waals surface area contributed by atoms with E-state index in [9.17, 15) is 9.59 Å². The Morgan fingerprint density at radius 2 is 2.31 bits per heavy atom. The largest absolute Gasteiger partial charge is 0.481 e.